The van der Waals surface area contributed by atoms with Gasteiger partial charge in [-0.25, -0.2) is 4.39 Å². The molecular formula is C15H18FNO2. The summed E-state index contributed by atoms with van der Waals surface area (Å²) in [5, 5.41) is 0. The highest BCUT2D eigenvalue weighted by Gasteiger charge is 2.36. The fourth-order valence-corrected chi connectivity index (χ4v) is 2.44. The van der Waals surface area contributed by atoms with E-state index in [0.717, 1.165) is 0 Å². The molecule has 0 aliphatic carbocycles. The molecule has 1 heterocycles. The Kier molecular flexibility index (Phi) is 3.69. The van der Waals surface area contributed by atoms with Crippen LogP contribution in [0.2, 0.25) is 0 Å². The van der Waals surface area contributed by atoms with Crippen LogP contribution >= 0.6 is 0 Å². The molecule has 19 heavy (non-hydrogen) atoms. The van der Waals surface area contributed by atoms with E-state index in [-0.39, 0.29) is 48.0 Å². The first-order valence-corrected chi connectivity index (χ1v) is 6.51. The van der Waals surface area contributed by atoms with Crippen molar-refractivity contribution in [2.24, 2.45) is 11.8 Å². The summed E-state index contributed by atoms with van der Waals surface area (Å²) in [5.74, 6) is -0.895. The first-order valence-electron chi connectivity index (χ1n) is 6.51. The van der Waals surface area contributed by atoms with Gasteiger partial charge >= 0.3 is 0 Å². The Morgan fingerprint density at radius 1 is 1.42 bits per heavy atom. The number of carbonyl (C=O) groups is 2. The van der Waals surface area contributed by atoms with Gasteiger partial charge in [0.2, 0.25) is 5.91 Å². The quantitative estimate of drug-likeness (QED) is 0.840. The largest absolute Gasteiger partial charge is 0.309 e. The van der Waals surface area contributed by atoms with Gasteiger partial charge in [-0.05, 0) is 18.6 Å². The molecule has 0 radical (unpaired) electrons. The Morgan fingerprint density at radius 2 is 2.11 bits per heavy atom. The molecule has 0 aromatic heterocycles. The molecule has 2 rings (SSSR count). The number of Topliss-reactive ketones (excluding diaryl/α,β-unsaturated/α-hetero) is 1. The highest BCUT2D eigenvalue weighted by molar-refractivity contribution is 6.01. The van der Waals surface area contributed by atoms with E-state index in [1.807, 2.05) is 13.8 Å². The van der Waals surface area contributed by atoms with E-state index in [9.17, 15) is 14.0 Å². The fraction of sp³-hybridized carbons (Fsp3) is 0.467. The maximum atomic E-state index is 14.0. The number of nitrogens with zero attached hydrogens (tertiary/aromatic N) is 1. The summed E-state index contributed by atoms with van der Waals surface area (Å²) in [4.78, 5) is 25.3. The smallest absolute Gasteiger partial charge is 0.227 e. The van der Waals surface area contributed by atoms with Gasteiger partial charge in [0.1, 0.15) is 11.6 Å². The van der Waals surface area contributed by atoms with Crippen molar-refractivity contribution < 1.29 is 14.0 Å². The van der Waals surface area contributed by atoms with Crippen LogP contribution in [0.15, 0.2) is 18.2 Å². The van der Waals surface area contributed by atoms with Crippen molar-refractivity contribution in [3.63, 3.8) is 0 Å². The van der Waals surface area contributed by atoms with Crippen molar-refractivity contribution >= 4 is 17.4 Å². The molecule has 1 aromatic carbocycles. The Bertz CT molecular complexity index is 525. The van der Waals surface area contributed by atoms with Crippen LogP contribution in [0.3, 0.4) is 0 Å². The van der Waals surface area contributed by atoms with Crippen LogP contribution in [0, 0.1) is 24.6 Å². The molecule has 1 unspecified atom stereocenters. The summed E-state index contributed by atoms with van der Waals surface area (Å²) in [6.45, 7) is 5.60. The third-order valence-corrected chi connectivity index (χ3v) is 3.56. The molecule has 1 amide bonds. The average Bonchev–Trinajstić information content (AvgIpc) is 2.73. The molecule has 1 aromatic rings. The average molecular weight is 263 g/mol. The van der Waals surface area contributed by atoms with Crippen LogP contribution in [0.25, 0.3) is 0 Å². The lowest BCUT2D eigenvalue weighted by Crippen LogP contribution is -2.28. The Morgan fingerprint density at radius 3 is 2.74 bits per heavy atom. The summed E-state index contributed by atoms with van der Waals surface area (Å²) in [6.07, 6.45) is 0.185. The van der Waals surface area contributed by atoms with Crippen LogP contribution < -0.4 is 4.90 Å². The predicted molar refractivity (Wildman–Crippen MR) is 71.4 cm³/mol. The van der Waals surface area contributed by atoms with Crippen molar-refractivity contribution in [2.75, 3.05) is 11.4 Å². The van der Waals surface area contributed by atoms with Crippen molar-refractivity contribution in [3.8, 4) is 0 Å². The number of hydrogen-bond donors (Lipinski definition) is 0. The minimum absolute atomic E-state index is 0.0731. The van der Waals surface area contributed by atoms with E-state index in [4.69, 9.17) is 0 Å². The van der Waals surface area contributed by atoms with E-state index in [1.54, 1.807) is 25.1 Å². The van der Waals surface area contributed by atoms with Crippen LogP contribution in [0.5, 0.6) is 0 Å². The third-order valence-electron chi connectivity index (χ3n) is 3.56. The minimum atomic E-state index is -0.381. The van der Waals surface area contributed by atoms with Crippen molar-refractivity contribution in [1.29, 1.82) is 0 Å². The Labute approximate surface area is 112 Å². The number of amides is 1. The first kappa shape index (κ1) is 13.7. The predicted octanol–water partition coefficient (Wildman–Crippen LogP) is 2.71. The van der Waals surface area contributed by atoms with E-state index < -0.39 is 0 Å². The number of halogens is 1. The van der Waals surface area contributed by atoms with Crippen molar-refractivity contribution in [2.45, 2.75) is 27.2 Å². The lowest BCUT2D eigenvalue weighted by molar-refractivity contribution is -0.127. The molecule has 0 spiro atoms. The molecule has 0 bridgehead atoms. The standard InChI is InChI=1S/C15H18FNO2/c1-9(2)15(19)11-7-13(18)17(8-11)12-6-4-5-10(3)14(12)16/h4-6,9,11H,7-8H2,1-3H3. The number of ketones is 1. The van der Waals surface area contributed by atoms with Gasteiger partial charge in [0.15, 0.2) is 0 Å². The minimum Gasteiger partial charge on any atom is -0.309 e. The van der Waals surface area contributed by atoms with Crippen molar-refractivity contribution in [1.82, 2.24) is 0 Å². The molecule has 1 saturated heterocycles. The summed E-state index contributed by atoms with van der Waals surface area (Å²) < 4.78 is 14.0. The molecule has 102 valence electrons. The molecular weight excluding hydrogens is 245 g/mol. The van der Waals surface area contributed by atoms with E-state index in [0.29, 0.717) is 5.56 Å². The number of anilines is 1. The topological polar surface area (TPSA) is 37.4 Å². The molecule has 0 N–H and O–H groups in total. The van der Waals surface area contributed by atoms with Gasteiger partial charge < -0.3 is 4.90 Å². The zero-order valence-electron chi connectivity index (χ0n) is 11.4. The normalized spacial score (nSPS) is 19.3. The van der Waals surface area contributed by atoms with Crippen molar-refractivity contribution in [3.05, 3.63) is 29.6 Å². The maximum Gasteiger partial charge on any atom is 0.227 e. The molecule has 1 fully saturated rings. The van der Waals surface area contributed by atoms with Crippen LogP contribution in [-0.2, 0) is 9.59 Å². The van der Waals surface area contributed by atoms with E-state index >= 15 is 0 Å². The van der Waals surface area contributed by atoms with Gasteiger partial charge in [0, 0.05) is 24.8 Å². The molecule has 0 saturated carbocycles. The third kappa shape index (κ3) is 2.53. The second-order valence-electron chi connectivity index (χ2n) is 5.37. The summed E-state index contributed by atoms with van der Waals surface area (Å²) >= 11 is 0. The van der Waals surface area contributed by atoms with Crippen LogP contribution in [-0.4, -0.2) is 18.2 Å². The lowest BCUT2D eigenvalue weighted by atomic mass is 9.95. The zero-order chi connectivity index (χ0) is 14.2. The number of rotatable bonds is 3. The second kappa shape index (κ2) is 5.11. The summed E-state index contributed by atoms with van der Waals surface area (Å²) in [5.41, 5.74) is 0.785. The maximum absolute atomic E-state index is 14.0. The summed E-state index contributed by atoms with van der Waals surface area (Å²) in [6, 6.07) is 4.97. The van der Waals surface area contributed by atoms with Gasteiger partial charge in [0.25, 0.3) is 0 Å². The van der Waals surface area contributed by atoms with Gasteiger partial charge in [-0.15, -0.1) is 0 Å². The number of carbonyl (C=O) groups excluding carboxylic acids is 2. The van der Waals surface area contributed by atoms with E-state index in [2.05, 4.69) is 0 Å². The number of aryl methyl sites for hydroxylation is 1. The van der Waals surface area contributed by atoms with Gasteiger partial charge in [-0.2, -0.15) is 0 Å². The van der Waals surface area contributed by atoms with Gasteiger partial charge in [-0.3, -0.25) is 9.59 Å². The molecule has 1 aliphatic heterocycles. The monoisotopic (exact) mass is 263 g/mol. The van der Waals surface area contributed by atoms with Gasteiger partial charge in [0.05, 0.1) is 5.69 Å². The number of hydrogen-bond acceptors (Lipinski definition) is 2. The highest BCUT2D eigenvalue weighted by atomic mass is 19.1. The SMILES string of the molecule is Cc1cccc(N2CC(C(=O)C(C)C)CC2=O)c1F. The van der Waals surface area contributed by atoms with Crippen LogP contribution in [0.4, 0.5) is 10.1 Å². The molecule has 1 atom stereocenters. The zero-order valence-corrected chi connectivity index (χ0v) is 11.4. The molecule has 3 nitrogen and oxygen atoms in total. The lowest BCUT2D eigenvalue weighted by Gasteiger charge is -2.18. The van der Waals surface area contributed by atoms with E-state index in [1.165, 1.54) is 4.90 Å². The Hall–Kier alpha value is -1.71. The molecule has 1 aliphatic rings. The van der Waals surface area contributed by atoms with Gasteiger partial charge in [-0.1, -0.05) is 26.0 Å². The highest BCUT2D eigenvalue weighted by Crippen LogP contribution is 2.30. The summed E-state index contributed by atoms with van der Waals surface area (Å²) in [7, 11) is 0. The number of benzene rings is 1. The van der Waals surface area contributed by atoms with Crippen LogP contribution in [0.1, 0.15) is 25.8 Å². The Balaban J connectivity index is 2.25. The second-order valence-corrected chi connectivity index (χ2v) is 5.37. The molecule has 4 heteroatoms. The first-order chi connectivity index (χ1) is 8.91. The fourth-order valence-electron chi connectivity index (χ4n) is 2.44.